The minimum absolute atomic E-state index is 0.345. The van der Waals surface area contributed by atoms with Crippen molar-refractivity contribution in [3.63, 3.8) is 0 Å². The van der Waals surface area contributed by atoms with E-state index in [-0.39, 0.29) is 5.91 Å². The summed E-state index contributed by atoms with van der Waals surface area (Å²) < 4.78 is 1.03. The number of hydrogen-bond acceptors (Lipinski definition) is 2. The third-order valence-electron chi connectivity index (χ3n) is 2.14. The first kappa shape index (κ1) is 13.2. The van der Waals surface area contributed by atoms with Gasteiger partial charge in [-0.2, -0.15) is 0 Å². The molecule has 0 fully saturated rings. The van der Waals surface area contributed by atoms with Crippen LogP contribution < -0.4 is 5.32 Å². The maximum atomic E-state index is 11.4. The number of hydrogen-bond donors (Lipinski definition) is 2. The van der Waals surface area contributed by atoms with Crippen LogP contribution in [-0.2, 0) is 11.2 Å². The highest BCUT2D eigenvalue weighted by atomic mass is 79.9. The number of amides is 1. The summed E-state index contributed by atoms with van der Waals surface area (Å²) in [6.07, 6.45) is 0.751. The van der Waals surface area contributed by atoms with Gasteiger partial charge in [0.05, 0.1) is 0 Å². The fraction of sp³-hybridized carbons (Fsp3) is 0.417. The molecule has 0 bridgehead atoms. The van der Waals surface area contributed by atoms with Crippen LogP contribution in [-0.4, -0.2) is 23.2 Å². The van der Waals surface area contributed by atoms with E-state index in [4.69, 9.17) is 0 Å². The van der Waals surface area contributed by atoms with Crippen molar-refractivity contribution in [2.24, 2.45) is 0 Å². The second kappa shape index (κ2) is 5.46. The summed E-state index contributed by atoms with van der Waals surface area (Å²) in [5.41, 5.74) is -0.164. The predicted octanol–water partition coefficient (Wildman–Crippen LogP) is 1.88. The van der Waals surface area contributed by atoms with Crippen molar-refractivity contribution in [2.75, 3.05) is 6.54 Å². The average Bonchev–Trinajstić information content (AvgIpc) is 2.16. The summed E-state index contributed by atoms with van der Waals surface area (Å²) in [4.78, 5) is 11.4. The second-order valence-electron chi connectivity index (χ2n) is 4.19. The molecule has 0 aliphatic rings. The lowest BCUT2D eigenvalue weighted by molar-refractivity contribution is -0.136. The molecule has 1 aromatic rings. The molecule has 1 aromatic carbocycles. The Morgan fingerprint density at radius 3 is 2.75 bits per heavy atom. The van der Waals surface area contributed by atoms with Gasteiger partial charge in [-0.1, -0.05) is 28.1 Å². The Bertz CT molecular complexity index is 372. The maximum absolute atomic E-state index is 11.4. The number of nitrogens with one attached hydrogen (secondary N) is 1. The molecule has 1 amide bonds. The SMILES string of the molecule is CC(C)(O)C(=O)NCCc1cccc(Br)c1. The number of rotatable bonds is 4. The predicted molar refractivity (Wildman–Crippen MR) is 67.2 cm³/mol. The Morgan fingerprint density at radius 1 is 1.50 bits per heavy atom. The molecule has 2 N–H and O–H groups in total. The molecule has 1 rings (SSSR count). The molecule has 0 saturated heterocycles. The highest BCUT2D eigenvalue weighted by Crippen LogP contribution is 2.11. The lowest BCUT2D eigenvalue weighted by Crippen LogP contribution is -2.42. The van der Waals surface area contributed by atoms with E-state index in [9.17, 15) is 9.90 Å². The third-order valence-corrected chi connectivity index (χ3v) is 2.64. The standard InChI is InChI=1S/C12H16BrNO2/c1-12(2,16)11(15)14-7-6-9-4-3-5-10(13)8-9/h3-5,8,16H,6-7H2,1-2H3,(H,14,15). The molecule has 88 valence electrons. The van der Waals surface area contributed by atoms with E-state index in [0.717, 1.165) is 16.5 Å². The molecule has 3 nitrogen and oxygen atoms in total. The fourth-order valence-electron chi connectivity index (χ4n) is 1.23. The molecule has 0 aliphatic carbocycles. The number of benzene rings is 1. The van der Waals surface area contributed by atoms with E-state index in [1.807, 2.05) is 24.3 Å². The molecular formula is C12H16BrNO2. The van der Waals surface area contributed by atoms with Gasteiger partial charge in [-0.3, -0.25) is 4.79 Å². The van der Waals surface area contributed by atoms with E-state index < -0.39 is 5.60 Å². The Morgan fingerprint density at radius 2 is 2.19 bits per heavy atom. The van der Waals surface area contributed by atoms with Gasteiger partial charge in [-0.05, 0) is 38.0 Å². The zero-order chi connectivity index (χ0) is 12.2. The summed E-state index contributed by atoms with van der Waals surface area (Å²) in [5, 5.41) is 12.1. The Labute approximate surface area is 104 Å². The lowest BCUT2D eigenvalue weighted by Gasteiger charge is -2.16. The zero-order valence-corrected chi connectivity index (χ0v) is 11.0. The first-order chi connectivity index (χ1) is 7.39. The van der Waals surface area contributed by atoms with E-state index in [1.54, 1.807) is 0 Å². The maximum Gasteiger partial charge on any atom is 0.251 e. The molecule has 0 aromatic heterocycles. The van der Waals surface area contributed by atoms with Crippen LogP contribution in [0.5, 0.6) is 0 Å². The monoisotopic (exact) mass is 285 g/mol. The summed E-state index contributed by atoms with van der Waals surface area (Å²) in [5.74, 6) is -0.345. The van der Waals surface area contributed by atoms with Gasteiger partial charge in [0.1, 0.15) is 5.60 Å². The molecule has 0 heterocycles. The quantitative estimate of drug-likeness (QED) is 0.888. The minimum atomic E-state index is -1.31. The molecule has 0 radical (unpaired) electrons. The van der Waals surface area contributed by atoms with Crippen LogP contribution in [0.4, 0.5) is 0 Å². The van der Waals surface area contributed by atoms with E-state index in [2.05, 4.69) is 21.2 Å². The van der Waals surface area contributed by atoms with Gasteiger partial charge in [0.15, 0.2) is 0 Å². The highest BCUT2D eigenvalue weighted by molar-refractivity contribution is 9.10. The first-order valence-corrected chi connectivity index (χ1v) is 5.94. The van der Waals surface area contributed by atoms with Gasteiger partial charge < -0.3 is 10.4 Å². The van der Waals surface area contributed by atoms with Gasteiger partial charge in [0.25, 0.3) is 5.91 Å². The van der Waals surface area contributed by atoms with Crippen LogP contribution in [0.25, 0.3) is 0 Å². The molecule has 0 aliphatic heterocycles. The summed E-state index contributed by atoms with van der Waals surface area (Å²) in [6, 6.07) is 7.92. The molecule has 0 spiro atoms. The fourth-order valence-corrected chi connectivity index (χ4v) is 1.68. The van der Waals surface area contributed by atoms with Gasteiger partial charge in [0, 0.05) is 11.0 Å². The molecule has 0 saturated carbocycles. The van der Waals surface area contributed by atoms with Crippen molar-refractivity contribution < 1.29 is 9.90 Å². The molecular weight excluding hydrogens is 270 g/mol. The van der Waals surface area contributed by atoms with Crippen molar-refractivity contribution >= 4 is 21.8 Å². The van der Waals surface area contributed by atoms with Gasteiger partial charge in [-0.15, -0.1) is 0 Å². The Kier molecular flexibility index (Phi) is 4.50. The smallest absolute Gasteiger partial charge is 0.251 e. The van der Waals surface area contributed by atoms with Crippen LogP contribution in [0.3, 0.4) is 0 Å². The largest absolute Gasteiger partial charge is 0.381 e. The second-order valence-corrected chi connectivity index (χ2v) is 5.11. The molecule has 0 atom stereocenters. The van der Waals surface area contributed by atoms with E-state index >= 15 is 0 Å². The van der Waals surface area contributed by atoms with Gasteiger partial charge >= 0.3 is 0 Å². The van der Waals surface area contributed by atoms with Crippen LogP contribution in [0, 0.1) is 0 Å². The number of aliphatic hydroxyl groups is 1. The van der Waals surface area contributed by atoms with Crippen LogP contribution in [0.2, 0.25) is 0 Å². The minimum Gasteiger partial charge on any atom is -0.381 e. The summed E-state index contributed by atoms with van der Waals surface area (Å²) in [7, 11) is 0. The first-order valence-electron chi connectivity index (χ1n) is 5.15. The van der Waals surface area contributed by atoms with Crippen LogP contribution >= 0.6 is 15.9 Å². The molecule has 4 heteroatoms. The Hall–Kier alpha value is -0.870. The van der Waals surface area contributed by atoms with E-state index in [1.165, 1.54) is 13.8 Å². The summed E-state index contributed by atoms with van der Waals surface area (Å²) in [6.45, 7) is 3.47. The van der Waals surface area contributed by atoms with Crippen molar-refractivity contribution in [3.8, 4) is 0 Å². The molecule has 0 unspecified atom stereocenters. The van der Waals surface area contributed by atoms with Gasteiger partial charge in [0.2, 0.25) is 0 Å². The third kappa shape index (κ3) is 4.33. The highest BCUT2D eigenvalue weighted by Gasteiger charge is 2.22. The number of carbonyl (C=O) groups excluding carboxylic acids is 1. The van der Waals surface area contributed by atoms with Crippen molar-refractivity contribution in [3.05, 3.63) is 34.3 Å². The lowest BCUT2D eigenvalue weighted by atomic mass is 10.1. The number of carbonyl (C=O) groups is 1. The number of halogens is 1. The van der Waals surface area contributed by atoms with Crippen molar-refractivity contribution in [2.45, 2.75) is 25.9 Å². The van der Waals surface area contributed by atoms with Gasteiger partial charge in [-0.25, -0.2) is 0 Å². The van der Waals surface area contributed by atoms with Crippen molar-refractivity contribution in [1.29, 1.82) is 0 Å². The van der Waals surface area contributed by atoms with Crippen LogP contribution in [0.15, 0.2) is 28.7 Å². The summed E-state index contributed by atoms with van der Waals surface area (Å²) >= 11 is 3.39. The Balaban J connectivity index is 2.39. The molecule has 16 heavy (non-hydrogen) atoms. The zero-order valence-electron chi connectivity index (χ0n) is 9.46. The van der Waals surface area contributed by atoms with Crippen molar-refractivity contribution in [1.82, 2.24) is 5.32 Å². The average molecular weight is 286 g/mol. The van der Waals surface area contributed by atoms with E-state index in [0.29, 0.717) is 6.54 Å². The van der Waals surface area contributed by atoms with Crippen LogP contribution in [0.1, 0.15) is 19.4 Å². The topological polar surface area (TPSA) is 49.3 Å². The normalized spacial score (nSPS) is 11.2.